The van der Waals surface area contributed by atoms with Crippen molar-refractivity contribution >= 4 is 151 Å². The van der Waals surface area contributed by atoms with E-state index in [1.807, 2.05) is 0 Å². The van der Waals surface area contributed by atoms with E-state index in [9.17, 15) is 0 Å². The van der Waals surface area contributed by atoms with Gasteiger partial charge in [-0.3, -0.25) is 0 Å². The monoisotopic (exact) mass is 1840 g/mol. The van der Waals surface area contributed by atoms with Crippen molar-refractivity contribution in [2.24, 2.45) is 0 Å². The summed E-state index contributed by atoms with van der Waals surface area (Å²) in [6.07, 6.45) is 0. The number of benzene rings is 28. The molecule has 0 aliphatic heterocycles. The Balaban J connectivity index is 0.000000112. The van der Waals surface area contributed by atoms with Crippen LogP contribution in [0.2, 0.25) is 0 Å². The highest BCUT2D eigenvalue weighted by atomic mass is 14.3. The second kappa shape index (κ2) is 36.5. The first-order chi connectivity index (χ1) is 71.5. The highest BCUT2D eigenvalue weighted by Gasteiger charge is 2.27. The van der Waals surface area contributed by atoms with E-state index in [2.05, 4.69) is 550 Å². The summed E-state index contributed by atoms with van der Waals surface area (Å²) in [5.74, 6) is 0. The zero-order valence-corrected chi connectivity index (χ0v) is 81.6. The Morgan fingerprint density at radius 2 is 0.303 bits per heavy atom. The van der Waals surface area contributed by atoms with Crippen LogP contribution in [0.4, 0.5) is 0 Å². The molecule has 0 fully saturated rings. The van der Waals surface area contributed by atoms with E-state index in [4.69, 9.17) is 0 Å². The molecule has 28 rings (SSSR count). The van der Waals surface area contributed by atoms with Crippen molar-refractivity contribution in [1.29, 1.82) is 0 Å². The smallest absolute Gasteiger partial charge is 0.00199 e. The maximum Gasteiger partial charge on any atom is -0.00199 e. The van der Waals surface area contributed by atoms with Gasteiger partial charge < -0.3 is 0 Å². The van der Waals surface area contributed by atoms with Crippen LogP contribution >= 0.6 is 0 Å². The van der Waals surface area contributed by atoms with Crippen molar-refractivity contribution in [3.05, 3.63) is 543 Å². The summed E-state index contributed by atoms with van der Waals surface area (Å²) in [6.45, 7) is 11.0. The molecule has 0 heteroatoms. The van der Waals surface area contributed by atoms with Crippen LogP contribution in [-0.4, -0.2) is 0 Å². The fourth-order valence-corrected chi connectivity index (χ4v) is 23.7. The maximum atomic E-state index is 2.43. The van der Waals surface area contributed by atoms with E-state index in [-0.39, 0.29) is 0 Å². The topological polar surface area (TPSA) is 0 Å². The van der Waals surface area contributed by atoms with E-state index in [0.717, 1.165) is 0 Å². The van der Waals surface area contributed by atoms with Crippen molar-refractivity contribution in [3.8, 4) is 122 Å². The molecule has 0 amide bonds. The number of aryl methyl sites for hydroxylation is 5. The molecule has 0 radical (unpaired) electrons. The summed E-state index contributed by atoms with van der Waals surface area (Å²) in [4.78, 5) is 0. The van der Waals surface area contributed by atoms with E-state index in [0.29, 0.717) is 0 Å². The van der Waals surface area contributed by atoms with Crippen LogP contribution < -0.4 is 0 Å². The molecule has 0 N–H and O–H groups in total. The number of hydrogen-bond donors (Lipinski definition) is 0. The molecule has 0 aromatic heterocycles. The van der Waals surface area contributed by atoms with Gasteiger partial charge in [-0.25, -0.2) is 0 Å². The highest BCUT2D eigenvalue weighted by molar-refractivity contribution is 6.30. The van der Waals surface area contributed by atoms with Crippen molar-refractivity contribution < 1.29 is 0 Å². The summed E-state index contributed by atoms with van der Waals surface area (Å²) in [5.41, 5.74) is 34.2. The second-order valence-electron chi connectivity index (χ2n) is 39.3. The first-order valence-electron chi connectivity index (χ1n) is 50.6. The highest BCUT2D eigenvalue weighted by Crippen LogP contribution is 2.54. The van der Waals surface area contributed by atoms with Gasteiger partial charge in [-0.1, -0.05) is 484 Å². The van der Waals surface area contributed by atoms with Crippen molar-refractivity contribution in [1.82, 2.24) is 0 Å². The van der Waals surface area contributed by atoms with E-state index < -0.39 is 0 Å². The van der Waals surface area contributed by atoms with Gasteiger partial charge in [-0.15, -0.1) is 0 Å². The van der Waals surface area contributed by atoms with E-state index in [1.165, 1.54) is 301 Å². The Kier molecular flexibility index (Phi) is 21.9. The Morgan fingerprint density at radius 3 is 0.628 bits per heavy atom. The second-order valence-corrected chi connectivity index (χ2v) is 39.3. The molecule has 0 unspecified atom stereocenters. The standard InChI is InChI=1S/C54H34.C52H36.C39H30/c1-4-18-41-36(14-1)17-13-27-42(41)37-30-28-35(29-31-37)40-32-38-15-2-6-20-44(38)51(34-40)53-47-23-9-11-25-49(47)54(50-26-12-10-24-48(50)53)52-33-39-16-3-5-19-43(39)45-21-7-8-22-46(45)52;1-33-23-24-34(2)48(29-33)51-44-19-9-11-21-46(44)52(47-22-12-10-20-45(47)51)50-32-39(30-37-13-3-6-16-41(37)50)35-25-27-36(28-26-35)49-31-38-14-4-5-15-40(38)42-17-7-8-18-43(42)49;1-25-17-20-28(21-18-25)30-23-29-10-4-5-11-31(29)37(24-30)39-34-14-8-6-12-32(34)38(33-13-7-9-15-35(33)39)36-22-26(2)16-19-27(36)3/h1-34H;3-32H,1-2H3;4-24H,1-3H3. The van der Waals surface area contributed by atoms with Crippen molar-refractivity contribution in [3.63, 3.8) is 0 Å². The van der Waals surface area contributed by atoms with Gasteiger partial charge in [0.1, 0.15) is 0 Å². The lowest BCUT2D eigenvalue weighted by molar-refractivity contribution is 1.40. The normalized spacial score (nSPS) is 11.6. The Hall–Kier alpha value is -18.2. The molecular weight excluding hydrogens is 1740 g/mol. The number of fused-ring (bicyclic) bond motifs is 16. The lowest BCUT2D eigenvalue weighted by atomic mass is 9.82. The summed E-state index contributed by atoms with van der Waals surface area (Å²) in [6, 6.07) is 191. The molecule has 0 saturated heterocycles. The van der Waals surface area contributed by atoms with E-state index in [1.54, 1.807) is 0 Å². The third-order valence-corrected chi connectivity index (χ3v) is 30.6. The molecule has 145 heavy (non-hydrogen) atoms. The zero-order chi connectivity index (χ0) is 96.9. The maximum absolute atomic E-state index is 2.43. The van der Waals surface area contributed by atoms with Crippen LogP contribution in [0, 0.1) is 34.6 Å². The Labute approximate surface area is 845 Å². The zero-order valence-electron chi connectivity index (χ0n) is 81.6. The van der Waals surface area contributed by atoms with Gasteiger partial charge in [0.2, 0.25) is 0 Å². The minimum Gasteiger partial charge on any atom is -0.0616 e. The number of hydrogen-bond acceptors (Lipinski definition) is 0. The van der Waals surface area contributed by atoms with Crippen LogP contribution in [0.25, 0.3) is 273 Å². The van der Waals surface area contributed by atoms with Crippen LogP contribution in [0.15, 0.2) is 516 Å². The molecule has 0 heterocycles. The first-order valence-corrected chi connectivity index (χ1v) is 50.6. The summed E-state index contributed by atoms with van der Waals surface area (Å²) in [7, 11) is 0. The van der Waals surface area contributed by atoms with Gasteiger partial charge in [0.15, 0.2) is 0 Å². The molecule has 0 bridgehead atoms. The third kappa shape index (κ3) is 15.4. The molecular formula is C145H100. The van der Waals surface area contributed by atoms with Crippen LogP contribution in [0.3, 0.4) is 0 Å². The molecule has 0 spiro atoms. The lowest BCUT2D eigenvalue weighted by Crippen LogP contribution is -1.94. The molecule has 0 atom stereocenters. The van der Waals surface area contributed by atoms with Crippen molar-refractivity contribution in [2.75, 3.05) is 0 Å². The largest absolute Gasteiger partial charge is 0.0616 e. The molecule has 28 aromatic carbocycles. The molecule has 28 aromatic rings. The lowest BCUT2D eigenvalue weighted by Gasteiger charge is -2.21. The summed E-state index contributed by atoms with van der Waals surface area (Å²) >= 11 is 0. The van der Waals surface area contributed by atoms with Gasteiger partial charge >= 0.3 is 0 Å². The predicted molar refractivity (Wildman–Crippen MR) is 628 cm³/mol. The molecule has 680 valence electrons. The van der Waals surface area contributed by atoms with Crippen LogP contribution in [-0.2, 0) is 0 Å². The number of rotatable bonds is 11. The minimum absolute atomic E-state index is 1.21. The molecule has 0 saturated carbocycles. The predicted octanol–water partition coefficient (Wildman–Crippen LogP) is 41.1. The van der Waals surface area contributed by atoms with Gasteiger partial charge in [-0.05, 0) is 367 Å². The summed E-state index contributed by atoms with van der Waals surface area (Å²) in [5, 5.41) is 35.7. The van der Waals surface area contributed by atoms with Crippen LogP contribution in [0.1, 0.15) is 27.8 Å². The van der Waals surface area contributed by atoms with Crippen molar-refractivity contribution in [2.45, 2.75) is 34.6 Å². The molecule has 0 nitrogen and oxygen atoms in total. The third-order valence-electron chi connectivity index (χ3n) is 30.6. The Bertz CT molecular complexity index is 9930. The minimum atomic E-state index is 1.21. The van der Waals surface area contributed by atoms with E-state index >= 15 is 0 Å². The van der Waals surface area contributed by atoms with Gasteiger partial charge in [0.25, 0.3) is 0 Å². The fourth-order valence-electron chi connectivity index (χ4n) is 23.7. The molecule has 0 aliphatic carbocycles. The van der Waals surface area contributed by atoms with Gasteiger partial charge in [0.05, 0.1) is 0 Å². The Morgan fingerprint density at radius 1 is 0.0966 bits per heavy atom. The first kappa shape index (κ1) is 87.1. The van der Waals surface area contributed by atoms with Crippen LogP contribution in [0.5, 0.6) is 0 Å². The van der Waals surface area contributed by atoms with Gasteiger partial charge in [-0.2, -0.15) is 0 Å². The quantitative estimate of drug-likeness (QED) is 0.0894. The average Bonchev–Trinajstić information content (AvgIpc) is 0.717. The molecule has 0 aliphatic rings. The fraction of sp³-hybridized carbons (Fsp3) is 0.0345. The van der Waals surface area contributed by atoms with Gasteiger partial charge in [0, 0.05) is 0 Å². The SMILES string of the molecule is Cc1ccc(-c2cc(-c3c4ccccc4c(-c4cc(C)ccc4C)c4ccccc34)c3ccccc3c2)cc1.Cc1ccc(C)c(-c2c3ccccc3c(-c3cc(-c4ccc(-c5cc6ccccc6c6ccccc56)cc4)cc4ccccc34)c3ccccc23)c1.c1ccc2c(-c3ccc(-c4cc(-c5c6ccccc6c(-c6cc7ccccc7c7ccccc67)c6ccccc56)c5ccccc5c4)cc3)cccc2c1. The average molecular weight is 1840 g/mol. The summed E-state index contributed by atoms with van der Waals surface area (Å²) < 4.78 is 0.